The Labute approximate surface area is 59.2 Å². The van der Waals surface area contributed by atoms with Crippen molar-refractivity contribution in [3.8, 4) is 0 Å². The van der Waals surface area contributed by atoms with Crippen LogP contribution in [-0.2, 0) is 4.74 Å². The van der Waals surface area contributed by atoms with E-state index in [2.05, 4.69) is 0 Å². The van der Waals surface area contributed by atoms with Gasteiger partial charge in [0.2, 0.25) is 0 Å². The summed E-state index contributed by atoms with van der Waals surface area (Å²) in [4.78, 5) is 0. The summed E-state index contributed by atoms with van der Waals surface area (Å²) in [5.74, 6) is 0. The smallest absolute Gasteiger partial charge is 0.141 e. The van der Waals surface area contributed by atoms with Gasteiger partial charge in [-0.1, -0.05) is 23.2 Å². The number of halogens is 2. The molecule has 0 rings (SSSR count). The average Bonchev–Trinajstić information content (AvgIpc) is 1.61. The van der Waals surface area contributed by atoms with Crippen LogP contribution in [0.15, 0.2) is 10.8 Å². The van der Waals surface area contributed by atoms with Crippen molar-refractivity contribution in [2.24, 2.45) is 0 Å². The van der Waals surface area contributed by atoms with Crippen LogP contribution in [0.1, 0.15) is 13.8 Å². The Balaban J connectivity index is 3.29. The van der Waals surface area contributed by atoms with E-state index < -0.39 is 0 Å². The van der Waals surface area contributed by atoms with Crippen molar-refractivity contribution in [1.29, 1.82) is 0 Å². The lowest BCUT2D eigenvalue weighted by atomic mass is 10.5. The van der Waals surface area contributed by atoms with Crippen molar-refractivity contribution in [2.75, 3.05) is 0 Å². The third-order valence-electron chi connectivity index (χ3n) is 0.429. The zero-order valence-electron chi connectivity index (χ0n) is 4.82. The van der Waals surface area contributed by atoms with E-state index in [9.17, 15) is 0 Å². The van der Waals surface area contributed by atoms with Gasteiger partial charge >= 0.3 is 0 Å². The van der Waals surface area contributed by atoms with Crippen molar-refractivity contribution in [2.45, 2.75) is 20.0 Å². The third kappa shape index (κ3) is 6.12. The van der Waals surface area contributed by atoms with Gasteiger partial charge in [0.25, 0.3) is 0 Å². The maximum Gasteiger partial charge on any atom is 0.141 e. The van der Waals surface area contributed by atoms with Crippen LogP contribution in [0, 0.1) is 0 Å². The van der Waals surface area contributed by atoms with Gasteiger partial charge in [-0.25, -0.2) is 0 Å². The first-order chi connectivity index (χ1) is 3.63. The van der Waals surface area contributed by atoms with Crippen molar-refractivity contribution in [3.63, 3.8) is 0 Å². The van der Waals surface area contributed by atoms with Crippen LogP contribution < -0.4 is 0 Å². The Morgan fingerprint density at radius 2 is 2.00 bits per heavy atom. The molecule has 48 valence electrons. The summed E-state index contributed by atoms with van der Waals surface area (Å²) >= 11 is 10.4. The Morgan fingerprint density at radius 1 is 1.50 bits per heavy atom. The van der Waals surface area contributed by atoms with Crippen molar-refractivity contribution < 1.29 is 4.74 Å². The predicted octanol–water partition coefficient (Wildman–Crippen LogP) is 2.69. The molecule has 8 heavy (non-hydrogen) atoms. The van der Waals surface area contributed by atoms with Crippen LogP contribution in [0.3, 0.4) is 0 Å². The first kappa shape index (κ1) is 8.12. The molecule has 0 aliphatic carbocycles. The van der Waals surface area contributed by atoms with Crippen LogP contribution in [0.2, 0.25) is 0 Å². The van der Waals surface area contributed by atoms with Gasteiger partial charge in [-0.15, -0.1) is 0 Å². The van der Waals surface area contributed by atoms with Crippen LogP contribution in [0.25, 0.3) is 0 Å². The topological polar surface area (TPSA) is 9.23 Å². The molecule has 3 heteroatoms. The Morgan fingerprint density at radius 3 is 2.12 bits per heavy atom. The summed E-state index contributed by atoms with van der Waals surface area (Å²) in [6, 6.07) is 0. The molecule has 0 bridgehead atoms. The van der Waals surface area contributed by atoms with Crippen LogP contribution in [0.4, 0.5) is 0 Å². The molecular formula is C5H8Cl2O. The summed E-state index contributed by atoms with van der Waals surface area (Å²) < 4.78 is 5.03. The maximum absolute atomic E-state index is 5.22. The lowest BCUT2D eigenvalue weighted by molar-refractivity contribution is 0.179. The van der Waals surface area contributed by atoms with Crippen molar-refractivity contribution >= 4 is 23.2 Å². The minimum absolute atomic E-state index is 0.141. The molecule has 0 fully saturated rings. The largest absolute Gasteiger partial charge is 0.496 e. The molecule has 0 saturated carbocycles. The van der Waals surface area contributed by atoms with E-state index in [0.717, 1.165) is 0 Å². The minimum atomic E-state index is 0.141. The summed E-state index contributed by atoms with van der Waals surface area (Å²) in [6.45, 7) is 3.79. The van der Waals surface area contributed by atoms with E-state index in [4.69, 9.17) is 27.9 Å². The molecule has 0 aliphatic heterocycles. The van der Waals surface area contributed by atoms with E-state index in [1.807, 2.05) is 13.8 Å². The van der Waals surface area contributed by atoms with Gasteiger partial charge < -0.3 is 4.74 Å². The number of hydrogen-bond donors (Lipinski definition) is 0. The fraction of sp³-hybridized carbons (Fsp3) is 0.600. The highest BCUT2D eigenvalue weighted by molar-refractivity contribution is 6.55. The number of hydrogen-bond acceptors (Lipinski definition) is 1. The Bertz CT molecular complexity index is 84.4. The summed E-state index contributed by atoms with van der Waals surface area (Å²) in [5.41, 5.74) is 0. The monoisotopic (exact) mass is 154 g/mol. The lowest BCUT2D eigenvalue weighted by Gasteiger charge is -2.01. The molecule has 0 atom stereocenters. The molecule has 0 aromatic rings. The lowest BCUT2D eigenvalue weighted by Crippen LogP contribution is -1.94. The molecule has 0 saturated heterocycles. The van der Waals surface area contributed by atoms with Crippen LogP contribution in [0.5, 0.6) is 0 Å². The van der Waals surface area contributed by atoms with Gasteiger partial charge in [0, 0.05) is 0 Å². The summed E-state index contributed by atoms with van der Waals surface area (Å²) in [6.07, 6.45) is 1.45. The molecule has 0 radical (unpaired) electrons. The normalized spacial score (nSPS) is 9.12. The fourth-order valence-corrected chi connectivity index (χ4v) is 0.290. The second-order valence-corrected chi connectivity index (χ2v) is 2.60. The predicted molar refractivity (Wildman–Crippen MR) is 36.0 cm³/mol. The molecule has 0 aromatic heterocycles. The SMILES string of the molecule is CC(C)OC=C(Cl)Cl. The second kappa shape index (κ2) is 4.04. The first-order valence-corrected chi connectivity index (χ1v) is 3.05. The highest BCUT2D eigenvalue weighted by Gasteiger charge is 1.87. The fourth-order valence-electron chi connectivity index (χ4n) is 0.188. The second-order valence-electron chi connectivity index (χ2n) is 1.59. The first-order valence-electron chi connectivity index (χ1n) is 2.29. The zero-order valence-corrected chi connectivity index (χ0v) is 6.33. The van der Waals surface area contributed by atoms with Crippen molar-refractivity contribution in [3.05, 3.63) is 10.8 Å². The number of ether oxygens (including phenoxy) is 1. The molecule has 0 heterocycles. The summed E-state index contributed by atoms with van der Waals surface area (Å²) in [5, 5.41) is 0. The van der Waals surface area contributed by atoms with Crippen LogP contribution >= 0.6 is 23.2 Å². The van der Waals surface area contributed by atoms with Crippen molar-refractivity contribution in [1.82, 2.24) is 0 Å². The quantitative estimate of drug-likeness (QED) is 0.557. The molecule has 0 aliphatic rings. The van der Waals surface area contributed by atoms with Gasteiger partial charge in [-0.3, -0.25) is 0 Å². The Kier molecular flexibility index (Phi) is 4.11. The standard InChI is InChI=1S/C5H8Cl2O/c1-4(2)8-3-5(6)7/h3-4H,1-2H3. The molecule has 0 amide bonds. The van der Waals surface area contributed by atoms with Crippen LogP contribution in [-0.4, -0.2) is 6.10 Å². The van der Waals surface area contributed by atoms with E-state index in [-0.39, 0.29) is 10.6 Å². The molecule has 0 unspecified atom stereocenters. The molecule has 0 N–H and O–H groups in total. The Hall–Kier alpha value is 0.120. The summed E-state index contributed by atoms with van der Waals surface area (Å²) in [7, 11) is 0. The van der Waals surface area contributed by atoms with E-state index in [0.29, 0.717) is 0 Å². The molecule has 0 spiro atoms. The highest BCUT2D eigenvalue weighted by Crippen LogP contribution is 2.06. The zero-order chi connectivity index (χ0) is 6.57. The average molecular weight is 155 g/mol. The van der Waals surface area contributed by atoms with Gasteiger partial charge in [0.1, 0.15) is 10.8 Å². The molecule has 0 aromatic carbocycles. The minimum Gasteiger partial charge on any atom is -0.496 e. The van der Waals surface area contributed by atoms with Gasteiger partial charge in [0.15, 0.2) is 0 Å². The van der Waals surface area contributed by atoms with Gasteiger partial charge in [-0.05, 0) is 13.8 Å². The van der Waals surface area contributed by atoms with E-state index in [1.54, 1.807) is 0 Å². The van der Waals surface area contributed by atoms with Gasteiger partial charge in [0.05, 0.1) is 6.10 Å². The highest BCUT2D eigenvalue weighted by atomic mass is 35.5. The maximum atomic E-state index is 5.22. The molecule has 1 nitrogen and oxygen atoms in total. The van der Waals surface area contributed by atoms with E-state index in [1.165, 1.54) is 6.26 Å². The van der Waals surface area contributed by atoms with E-state index >= 15 is 0 Å². The third-order valence-corrected chi connectivity index (χ3v) is 0.607. The molecular weight excluding hydrogens is 147 g/mol. The van der Waals surface area contributed by atoms with Gasteiger partial charge in [-0.2, -0.15) is 0 Å². The number of rotatable bonds is 2.